The summed E-state index contributed by atoms with van der Waals surface area (Å²) in [6.45, 7) is 0. The number of halogens is 6. The van der Waals surface area contributed by atoms with E-state index in [0.717, 1.165) is 12.2 Å². The van der Waals surface area contributed by atoms with Gasteiger partial charge in [-0.1, -0.05) is 12.2 Å². The molecule has 0 amide bonds. The fraction of sp³-hybridized carbons (Fsp3) is 0.700. The maximum atomic E-state index is 13.0. The Kier molecular flexibility index (Phi) is 2.51. The second-order valence-corrected chi connectivity index (χ2v) is 4.57. The molecule has 0 spiro atoms. The number of carboxylic acids is 1. The van der Waals surface area contributed by atoms with E-state index in [4.69, 9.17) is 5.11 Å². The topological polar surface area (TPSA) is 37.3 Å². The average Bonchev–Trinajstić information content (AvgIpc) is 2.70. The van der Waals surface area contributed by atoms with E-state index in [-0.39, 0.29) is 0 Å². The van der Waals surface area contributed by atoms with Gasteiger partial charge in [-0.05, 0) is 12.3 Å². The SMILES string of the molecule is O=C(O)[C@H]1[C@H]2C=C[C@@H](C2)C1(C(F)(F)F)C(F)(F)F. The molecule has 0 aromatic rings. The first-order chi connectivity index (χ1) is 8.03. The third-order valence-electron chi connectivity index (χ3n) is 3.82. The van der Waals surface area contributed by atoms with E-state index in [1.165, 1.54) is 0 Å². The van der Waals surface area contributed by atoms with Crippen LogP contribution in [0.1, 0.15) is 6.42 Å². The molecule has 8 heteroatoms. The Morgan fingerprint density at radius 1 is 1.11 bits per heavy atom. The number of aliphatic carboxylic acids is 1. The molecule has 2 rings (SSSR count). The van der Waals surface area contributed by atoms with E-state index < -0.39 is 47.9 Å². The van der Waals surface area contributed by atoms with Crippen molar-refractivity contribution in [2.45, 2.75) is 18.8 Å². The minimum Gasteiger partial charge on any atom is -0.481 e. The minimum absolute atomic E-state index is 0.421. The molecule has 0 saturated heterocycles. The molecule has 0 aromatic heterocycles. The molecule has 0 heterocycles. The fourth-order valence-electron chi connectivity index (χ4n) is 3.19. The molecule has 2 aliphatic carbocycles. The number of hydrogen-bond donors (Lipinski definition) is 1. The lowest BCUT2D eigenvalue weighted by Gasteiger charge is -2.42. The van der Waals surface area contributed by atoms with E-state index in [1.54, 1.807) is 0 Å². The summed E-state index contributed by atoms with van der Waals surface area (Å²) in [6, 6.07) is 0. The highest BCUT2D eigenvalue weighted by atomic mass is 19.4. The van der Waals surface area contributed by atoms with E-state index in [1.807, 2.05) is 0 Å². The van der Waals surface area contributed by atoms with Crippen LogP contribution in [-0.2, 0) is 4.79 Å². The molecule has 102 valence electrons. The molecule has 0 radical (unpaired) electrons. The van der Waals surface area contributed by atoms with Crippen LogP contribution in [0.15, 0.2) is 12.2 Å². The number of rotatable bonds is 1. The molecule has 1 N–H and O–H groups in total. The second kappa shape index (κ2) is 3.42. The first kappa shape index (κ1) is 13.2. The van der Waals surface area contributed by atoms with Gasteiger partial charge < -0.3 is 5.11 Å². The van der Waals surface area contributed by atoms with Crippen molar-refractivity contribution in [3.05, 3.63) is 12.2 Å². The quantitative estimate of drug-likeness (QED) is 0.589. The molecular weight excluding hydrogens is 266 g/mol. The molecule has 2 nitrogen and oxygen atoms in total. The number of alkyl halides is 6. The van der Waals surface area contributed by atoms with Crippen LogP contribution in [0.4, 0.5) is 26.3 Å². The summed E-state index contributed by atoms with van der Waals surface area (Å²) in [5, 5.41) is 8.76. The molecule has 1 saturated carbocycles. The molecule has 2 bridgehead atoms. The van der Waals surface area contributed by atoms with Gasteiger partial charge in [0.25, 0.3) is 0 Å². The molecule has 1 fully saturated rings. The van der Waals surface area contributed by atoms with Gasteiger partial charge in [-0.3, -0.25) is 4.79 Å². The van der Waals surface area contributed by atoms with Gasteiger partial charge in [-0.15, -0.1) is 0 Å². The Hall–Kier alpha value is -1.21. The van der Waals surface area contributed by atoms with E-state index >= 15 is 0 Å². The number of carboxylic acid groups (broad SMARTS) is 1. The van der Waals surface area contributed by atoms with Gasteiger partial charge in [0.05, 0.1) is 5.92 Å². The zero-order valence-corrected chi connectivity index (χ0v) is 8.72. The van der Waals surface area contributed by atoms with Gasteiger partial charge in [-0.25, -0.2) is 0 Å². The van der Waals surface area contributed by atoms with Gasteiger partial charge in [0.15, 0.2) is 5.41 Å². The first-order valence-corrected chi connectivity index (χ1v) is 5.08. The lowest BCUT2D eigenvalue weighted by Crippen LogP contribution is -2.59. The van der Waals surface area contributed by atoms with E-state index in [0.29, 0.717) is 0 Å². The van der Waals surface area contributed by atoms with Crippen LogP contribution >= 0.6 is 0 Å². The minimum atomic E-state index is -5.64. The van der Waals surface area contributed by atoms with Crippen molar-refractivity contribution >= 4 is 5.97 Å². The zero-order chi connectivity index (χ0) is 13.9. The summed E-state index contributed by atoms with van der Waals surface area (Å²) in [5.74, 6) is -7.60. The number of hydrogen-bond acceptors (Lipinski definition) is 1. The largest absolute Gasteiger partial charge is 0.481 e. The molecular formula is C10H8F6O2. The van der Waals surface area contributed by atoms with Crippen molar-refractivity contribution < 1.29 is 36.2 Å². The maximum Gasteiger partial charge on any atom is 0.404 e. The van der Waals surface area contributed by atoms with Crippen molar-refractivity contribution in [2.75, 3.05) is 0 Å². The Balaban J connectivity index is 2.66. The Morgan fingerprint density at radius 3 is 1.94 bits per heavy atom. The molecule has 18 heavy (non-hydrogen) atoms. The van der Waals surface area contributed by atoms with Crippen LogP contribution in [0.2, 0.25) is 0 Å². The molecule has 0 unspecified atom stereocenters. The van der Waals surface area contributed by atoms with E-state index in [9.17, 15) is 31.1 Å². The van der Waals surface area contributed by atoms with Gasteiger partial charge >= 0.3 is 18.3 Å². The van der Waals surface area contributed by atoms with Crippen LogP contribution in [-0.4, -0.2) is 23.4 Å². The monoisotopic (exact) mass is 274 g/mol. The van der Waals surface area contributed by atoms with Crippen molar-refractivity contribution in [3.8, 4) is 0 Å². The Labute approximate surface area is 97.3 Å². The molecule has 3 atom stereocenters. The predicted octanol–water partition coefficient (Wildman–Crippen LogP) is 3.00. The Morgan fingerprint density at radius 2 is 1.61 bits per heavy atom. The summed E-state index contributed by atoms with van der Waals surface area (Å²) in [6.07, 6.45) is -9.72. The second-order valence-electron chi connectivity index (χ2n) is 4.57. The van der Waals surface area contributed by atoms with Crippen molar-refractivity contribution in [3.63, 3.8) is 0 Å². The smallest absolute Gasteiger partial charge is 0.404 e. The highest BCUT2D eigenvalue weighted by molar-refractivity contribution is 5.73. The summed E-state index contributed by atoms with van der Waals surface area (Å²) < 4.78 is 77.8. The standard InChI is InChI=1S/C10H8F6O2/c11-9(12,13)8(10(14,15)16)5-2-1-4(3-5)6(8)7(17)18/h1-2,4-6H,3H2,(H,17,18)/t4-,5-,6+/m0/s1. The van der Waals surface area contributed by atoms with Gasteiger partial charge in [0.1, 0.15) is 0 Å². The highest BCUT2D eigenvalue weighted by Crippen LogP contribution is 2.69. The third-order valence-corrected chi connectivity index (χ3v) is 3.82. The summed E-state index contributed by atoms with van der Waals surface area (Å²) >= 11 is 0. The normalized spacial score (nSPS) is 34.0. The van der Waals surface area contributed by atoms with Crippen LogP contribution in [0.3, 0.4) is 0 Å². The lowest BCUT2D eigenvalue weighted by atomic mass is 9.67. The maximum absolute atomic E-state index is 13.0. The number of allylic oxidation sites excluding steroid dienone is 2. The van der Waals surface area contributed by atoms with Crippen LogP contribution < -0.4 is 0 Å². The molecule has 2 aliphatic rings. The Bertz CT molecular complexity index is 394. The number of carbonyl (C=O) groups is 1. The third kappa shape index (κ3) is 1.34. The van der Waals surface area contributed by atoms with Crippen LogP contribution in [0.25, 0.3) is 0 Å². The lowest BCUT2D eigenvalue weighted by molar-refractivity contribution is -0.362. The van der Waals surface area contributed by atoms with Crippen molar-refractivity contribution in [1.82, 2.24) is 0 Å². The van der Waals surface area contributed by atoms with Gasteiger partial charge in [-0.2, -0.15) is 26.3 Å². The highest BCUT2D eigenvalue weighted by Gasteiger charge is 2.82. The van der Waals surface area contributed by atoms with Gasteiger partial charge in [0.2, 0.25) is 0 Å². The molecule has 0 aromatic carbocycles. The van der Waals surface area contributed by atoms with Gasteiger partial charge in [0, 0.05) is 5.92 Å². The van der Waals surface area contributed by atoms with Crippen molar-refractivity contribution in [1.29, 1.82) is 0 Å². The summed E-state index contributed by atoms with van der Waals surface area (Å²) in [5.41, 5.74) is -4.16. The fourth-order valence-corrected chi connectivity index (χ4v) is 3.19. The first-order valence-electron chi connectivity index (χ1n) is 5.08. The van der Waals surface area contributed by atoms with Crippen LogP contribution in [0.5, 0.6) is 0 Å². The van der Waals surface area contributed by atoms with Crippen LogP contribution in [0, 0.1) is 23.2 Å². The number of fused-ring (bicyclic) bond motifs is 2. The zero-order valence-electron chi connectivity index (χ0n) is 8.72. The summed E-state index contributed by atoms with van der Waals surface area (Å²) in [4.78, 5) is 10.9. The van der Waals surface area contributed by atoms with E-state index in [2.05, 4.69) is 0 Å². The molecule has 0 aliphatic heterocycles. The van der Waals surface area contributed by atoms with Crippen molar-refractivity contribution in [2.24, 2.45) is 23.2 Å². The average molecular weight is 274 g/mol. The predicted molar refractivity (Wildman–Crippen MR) is 46.4 cm³/mol. The summed E-state index contributed by atoms with van der Waals surface area (Å²) in [7, 11) is 0.